The minimum atomic E-state index is -0.246. The van der Waals surface area contributed by atoms with Gasteiger partial charge in [0, 0.05) is 11.0 Å². The van der Waals surface area contributed by atoms with E-state index in [1.165, 1.54) is 18.4 Å². The SMILES string of the molecule is CCCCCC(C)(C)c1cc(C(C)(C)c2ccccc2)cc(-n2nc3ccccc3n2)c1O. The van der Waals surface area contributed by atoms with Crippen LogP contribution in [0.1, 0.15) is 77.0 Å². The molecule has 33 heavy (non-hydrogen) atoms. The second kappa shape index (κ2) is 9.01. The monoisotopic (exact) mass is 441 g/mol. The van der Waals surface area contributed by atoms with Gasteiger partial charge in [-0.3, -0.25) is 0 Å². The second-order valence-corrected chi connectivity index (χ2v) is 10.2. The van der Waals surface area contributed by atoms with Crippen LogP contribution in [0.25, 0.3) is 16.7 Å². The van der Waals surface area contributed by atoms with Gasteiger partial charge in [0.05, 0.1) is 0 Å². The number of phenolic OH excluding ortho intramolecular Hbond substituents is 1. The highest BCUT2D eigenvalue weighted by Gasteiger charge is 2.31. The second-order valence-electron chi connectivity index (χ2n) is 10.2. The summed E-state index contributed by atoms with van der Waals surface area (Å²) < 4.78 is 0. The molecule has 1 aromatic heterocycles. The number of fused-ring (bicyclic) bond motifs is 1. The van der Waals surface area contributed by atoms with E-state index in [2.05, 4.69) is 75.1 Å². The zero-order valence-electron chi connectivity index (χ0n) is 20.5. The Morgan fingerprint density at radius 1 is 0.788 bits per heavy atom. The van der Waals surface area contributed by atoms with E-state index in [0.717, 1.165) is 35.0 Å². The molecule has 4 heteroatoms. The van der Waals surface area contributed by atoms with Crippen molar-refractivity contribution < 1.29 is 5.11 Å². The highest BCUT2D eigenvalue weighted by Crippen LogP contribution is 2.43. The summed E-state index contributed by atoms with van der Waals surface area (Å²) in [5.41, 5.74) is 5.16. The van der Waals surface area contributed by atoms with E-state index in [1.807, 2.05) is 36.4 Å². The van der Waals surface area contributed by atoms with Crippen LogP contribution in [0.5, 0.6) is 5.75 Å². The molecule has 4 aromatic rings. The Morgan fingerprint density at radius 2 is 1.39 bits per heavy atom. The molecule has 0 atom stereocenters. The maximum absolute atomic E-state index is 11.5. The first kappa shape index (κ1) is 23.0. The fraction of sp³-hybridized carbons (Fsp3) is 0.379. The summed E-state index contributed by atoms with van der Waals surface area (Å²) >= 11 is 0. The molecule has 4 nitrogen and oxygen atoms in total. The van der Waals surface area contributed by atoms with Crippen molar-refractivity contribution in [2.24, 2.45) is 0 Å². The highest BCUT2D eigenvalue weighted by atomic mass is 16.3. The van der Waals surface area contributed by atoms with E-state index in [-0.39, 0.29) is 16.6 Å². The standard InChI is InChI=1S/C29H35N3O/c1-6-7-13-18-28(2,3)23-19-22(29(4,5)21-14-9-8-10-15-21)20-26(27(23)33)32-30-24-16-11-12-17-25(24)31-32/h8-12,14-17,19-20,33H,6-7,13,18H2,1-5H3. The van der Waals surface area contributed by atoms with Crippen molar-refractivity contribution in [1.82, 2.24) is 15.0 Å². The molecule has 0 amide bonds. The van der Waals surface area contributed by atoms with Gasteiger partial charge < -0.3 is 5.11 Å². The number of rotatable bonds is 8. The van der Waals surface area contributed by atoms with E-state index >= 15 is 0 Å². The van der Waals surface area contributed by atoms with Gasteiger partial charge in [-0.05, 0) is 41.2 Å². The lowest BCUT2D eigenvalue weighted by molar-refractivity contribution is 0.403. The molecule has 172 valence electrons. The first-order chi connectivity index (χ1) is 15.7. The van der Waals surface area contributed by atoms with E-state index in [1.54, 1.807) is 4.80 Å². The minimum absolute atomic E-state index is 0.177. The van der Waals surface area contributed by atoms with Crippen molar-refractivity contribution in [3.05, 3.63) is 83.4 Å². The molecule has 0 bridgehead atoms. The van der Waals surface area contributed by atoms with Crippen molar-refractivity contribution in [2.75, 3.05) is 0 Å². The van der Waals surface area contributed by atoms with E-state index in [0.29, 0.717) is 5.69 Å². The summed E-state index contributed by atoms with van der Waals surface area (Å²) in [4.78, 5) is 1.59. The number of unbranched alkanes of at least 4 members (excludes halogenated alkanes) is 2. The van der Waals surface area contributed by atoms with Crippen LogP contribution in [0.3, 0.4) is 0 Å². The number of phenols is 1. The summed E-state index contributed by atoms with van der Waals surface area (Å²) in [6.07, 6.45) is 4.52. The van der Waals surface area contributed by atoms with Crippen LogP contribution in [0.4, 0.5) is 0 Å². The van der Waals surface area contributed by atoms with Crippen molar-refractivity contribution >= 4 is 11.0 Å². The molecule has 0 spiro atoms. The third-order valence-electron chi connectivity index (χ3n) is 6.94. The lowest BCUT2D eigenvalue weighted by Crippen LogP contribution is -2.23. The Morgan fingerprint density at radius 3 is 2.00 bits per heavy atom. The molecule has 0 saturated heterocycles. The van der Waals surface area contributed by atoms with Crippen LogP contribution in [-0.4, -0.2) is 20.1 Å². The van der Waals surface area contributed by atoms with Crippen molar-refractivity contribution in [3.8, 4) is 11.4 Å². The normalized spacial score (nSPS) is 12.4. The average molecular weight is 442 g/mol. The molecular formula is C29H35N3O. The lowest BCUT2D eigenvalue weighted by Gasteiger charge is -2.32. The number of hydrogen-bond donors (Lipinski definition) is 1. The van der Waals surface area contributed by atoms with Gasteiger partial charge in [-0.1, -0.05) is 102 Å². The van der Waals surface area contributed by atoms with Gasteiger partial charge in [0.25, 0.3) is 0 Å². The topological polar surface area (TPSA) is 50.9 Å². The molecule has 4 rings (SSSR count). The molecule has 1 N–H and O–H groups in total. The Balaban J connectivity index is 1.91. The van der Waals surface area contributed by atoms with Crippen LogP contribution in [0, 0.1) is 0 Å². The Hall–Kier alpha value is -3.14. The first-order valence-corrected chi connectivity index (χ1v) is 12.0. The van der Waals surface area contributed by atoms with E-state index < -0.39 is 0 Å². The number of aromatic nitrogens is 3. The molecule has 1 heterocycles. The van der Waals surface area contributed by atoms with Crippen LogP contribution in [-0.2, 0) is 10.8 Å². The molecule has 0 aliphatic carbocycles. The largest absolute Gasteiger partial charge is 0.505 e. The predicted octanol–water partition coefficient (Wildman–Crippen LogP) is 7.31. The lowest BCUT2D eigenvalue weighted by atomic mass is 9.73. The van der Waals surface area contributed by atoms with Crippen molar-refractivity contribution in [1.29, 1.82) is 0 Å². The quantitative estimate of drug-likeness (QED) is 0.292. The van der Waals surface area contributed by atoms with Gasteiger partial charge in [-0.25, -0.2) is 0 Å². The van der Waals surface area contributed by atoms with Crippen molar-refractivity contribution in [3.63, 3.8) is 0 Å². The van der Waals surface area contributed by atoms with Gasteiger partial charge >= 0.3 is 0 Å². The minimum Gasteiger partial charge on any atom is -0.505 e. The van der Waals surface area contributed by atoms with Crippen molar-refractivity contribution in [2.45, 2.75) is 71.1 Å². The summed E-state index contributed by atoms with van der Waals surface area (Å²) in [7, 11) is 0. The summed E-state index contributed by atoms with van der Waals surface area (Å²) in [6, 6.07) is 22.6. The first-order valence-electron chi connectivity index (χ1n) is 12.0. The van der Waals surface area contributed by atoms with Crippen LogP contribution in [0.15, 0.2) is 66.7 Å². The average Bonchev–Trinajstić information content (AvgIpc) is 3.23. The zero-order chi connectivity index (χ0) is 23.6. The number of benzene rings is 3. The zero-order valence-corrected chi connectivity index (χ0v) is 20.5. The Bertz CT molecular complexity index is 1210. The third kappa shape index (κ3) is 4.52. The van der Waals surface area contributed by atoms with E-state index in [9.17, 15) is 5.11 Å². The Labute approximate surface area is 197 Å². The smallest absolute Gasteiger partial charge is 0.146 e. The van der Waals surface area contributed by atoms with Crippen LogP contribution in [0.2, 0.25) is 0 Å². The molecule has 0 aliphatic rings. The van der Waals surface area contributed by atoms with Gasteiger partial charge in [-0.2, -0.15) is 0 Å². The summed E-state index contributed by atoms with van der Waals surface area (Å²) in [5.74, 6) is 0.268. The predicted molar refractivity (Wildman–Crippen MR) is 136 cm³/mol. The number of nitrogens with zero attached hydrogens (tertiary/aromatic N) is 3. The molecule has 0 fully saturated rings. The van der Waals surface area contributed by atoms with Gasteiger partial charge in [0.1, 0.15) is 22.5 Å². The van der Waals surface area contributed by atoms with Crippen LogP contribution < -0.4 is 0 Å². The maximum atomic E-state index is 11.5. The summed E-state index contributed by atoms with van der Waals surface area (Å²) in [5, 5.41) is 20.9. The molecule has 0 unspecified atom stereocenters. The third-order valence-corrected chi connectivity index (χ3v) is 6.94. The maximum Gasteiger partial charge on any atom is 0.146 e. The molecular weight excluding hydrogens is 406 g/mol. The fourth-order valence-corrected chi connectivity index (χ4v) is 4.59. The van der Waals surface area contributed by atoms with Gasteiger partial charge in [0.2, 0.25) is 0 Å². The molecule has 0 saturated carbocycles. The molecule has 0 aliphatic heterocycles. The fourth-order valence-electron chi connectivity index (χ4n) is 4.59. The molecule has 3 aromatic carbocycles. The Kier molecular flexibility index (Phi) is 6.29. The van der Waals surface area contributed by atoms with Crippen LogP contribution >= 0.6 is 0 Å². The van der Waals surface area contributed by atoms with E-state index in [4.69, 9.17) is 0 Å². The summed E-state index contributed by atoms with van der Waals surface area (Å²) in [6.45, 7) is 11.2. The van der Waals surface area contributed by atoms with Gasteiger partial charge in [0.15, 0.2) is 0 Å². The highest BCUT2D eigenvalue weighted by molar-refractivity contribution is 5.74. The molecule has 0 radical (unpaired) electrons. The van der Waals surface area contributed by atoms with Gasteiger partial charge in [-0.15, -0.1) is 15.0 Å². The number of aromatic hydroxyl groups is 1. The number of hydrogen-bond acceptors (Lipinski definition) is 3.